The number of guanidine groups is 1. The second kappa shape index (κ2) is 4.82. The van der Waals surface area contributed by atoms with E-state index in [1.165, 1.54) is 5.69 Å². The molecular weight excluding hydrogens is 220 g/mol. The van der Waals surface area contributed by atoms with Crippen molar-refractivity contribution in [1.29, 1.82) is 0 Å². The topological polar surface area (TPSA) is 40.5 Å². The average Bonchev–Trinajstić information content (AvgIpc) is 2.83. The Morgan fingerprint density at radius 2 is 2.38 bits per heavy atom. The Balaban J connectivity index is 1.89. The highest BCUT2D eigenvalue weighted by Crippen LogP contribution is 2.17. The van der Waals surface area contributed by atoms with Gasteiger partial charge in [-0.25, -0.2) is 4.98 Å². The predicted molar refractivity (Wildman–Crippen MR) is 68.0 cm³/mol. The smallest absolute Gasteiger partial charge is 0.194 e. The van der Waals surface area contributed by atoms with Crippen LogP contribution in [0.5, 0.6) is 0 Å². The first kappa shape index (κ1) is 11.4. The van der Waals surface area contributed by atoms with Crippen LogP contribution in [0, 0.1) is 0 Å². The van der Waals surface area contributed by atoms with Gasteiger partial charge in [0.15, 0.2) is 5.96 Å². The van der Waals surface area contributed by atoms with Crippen LogP contribution >= 0.6 is 11.3 Å². The predicted octanol–water partition coefficient (Wildman–Crippen LogP) is 1.66. The van der Waals surface area contributed by atoms with Gasteiger partial charge in [-0.2, -0.15) is 0 Å². The van der Waals surface area contributed by atoms with Crippen molar-refractivity contribution in [1.82, 2.24) is 15.2 Å². The van der Waals surface area contributed by atoms with E-state index in [1.807, 2.05) is 0 Å². The molecule has 0 saturated carbocycles. The van der Waals surface area contributed by atoms with Crippen LogP contribution in [-0.4, -0.2) is 36.0 Å². The summed E-state index contributed by atoms with van der Waals surface area (Å²) in [6.07, 6.45) is 0. The molecule has 0 aliphatic carbocycles. The van der Waals surface area contributed by atoms with Gasteiger partial charge in [0.1, 0.15) is 5.01 Å². The van der Waals surface area contributed by atoms with Gasteiger partial charge in [0.2, 0.25) is 0 Å². The molecule has 0 saturated heterocycles. The highest BCUT2D eigenvalue weighted by atomic mass is 32.1. The summed E-state index contributed by atoms with van der Waals surface area (Å²) in [6, 6.07) is 0. The molecule has 0 unspecified atom stereocenters. The number of rotatable bonds is 3. The number of hydrogen-bond donors (Lipinski definition) is 1. The fourth-order valence-corrected chi connectivity index (χ4v) is 2.44. The van der Waals surface area contributed by atoms with Crippen LogP contribution in [0.15, 0.2) is 10.4 Å². The van der Waals surface area contributed by atoms with Crippen LogP contribution < -0.4 is 5.32 Å². The van der Waals surface area contributed by atoms with Gasteiger partial charge >= 0.3 is 0 Å². The first-order valence-corrected chi connectivity index (χ1v) is 6.48. The van der Waals surface area contributed by atoms with Crippen molar-refractivity contribution in [3.8, 4) is 0 Å². The molecule has 0 fully saturated rings. The summed E-state index contributed by atoms with van der Waals surface area (Å²) in [7, 11) is 2.06. The zero-order valence-corrected chi connectivity index (χ0v) is 10.8. The van der Waals surface area contributed by atoms with Gasteiger partial charge in [0, 0.05) is 19.0 Å². The molecule has 0 bridgehead atoms. The van der Waals surface area contributed by atoms with Crippen molar-refractivity contribution >= 4 is 17.3 Å². The number of thiazole rings is 1. The van der Waals surface area contributed by atoms with Crippen molar-refractivity contribution in [2.24, 2.45) is 4.99 Å². The molecular formula is C11H18N4S. The molecule has 0 spiro atoms. The fourth-order valence-electron chi connectivity index (χ4n) is 1.55. The summed E-state index contributed by atoms with van der Waals surface area (Å²) in [5.41, 5.74) is 1.18. The number of likely N-dealkylation sites (N-methyl/N-ethyl adjacent to an activating group) is 1. The maximum absolute atomic E-state index is 4.58. The minimum Gasteiger partial charge on any atom is -0.350 e. The fraction of sp³-hybridized carbons (Fsp3) is 0.636. The van der Waals surface area contributed by atoms with E-state index in [-0.39, 0.29) is 0 Å². The highest BCUT2D eigenvalue weighted by molar-refractivity contribution is 7.09. The summed E-state index contributed by atoms with van der Waals surface area (Å²) < 4.78 is 0. The third kappa shape index (κ3) is 2.52. The van der Waals surface area contributed by atoms with E-state index >= 15 is 0 Å². The molecule has 88 valence electrons. The molecule has 2 rings (SSSR count). The van der Waals surface area contributed by atoms with E-state index in [0.717, 1.165) is 30.6 Å². The van der Waals surface area contributed by atoms with Gasteiger partial charge in [-0.1, -0.05) is 13.8 Å². The first-order chi connectivity index (χ1) is 7.66. The van der Waals surface area contributed by atoms with E-state index < -0.39 is 0 Å². The lowest BCUT2D eigenvalue weighted by atomic mass is 10.2. The Hall–Kier alpha value is -1.10. The molecule has 1 aliphatic heterocycles. The summed E-state index contributed by atoms with van der Waals surface area (Å²) in [4.78, 5) is 11.1. The minimum atomic E-state index is 0.511. The number of aromatic nitrogens is 1. The van der Waals surface area contributed by atoms with Gasteiger partial charge < -0.3 is 10.2 Å². The van der Waals surface area contributed by atoms with Crippen LogP contribution in [0.3, 0.4) is 0 Å². The van der Waals surface area contributed by atoms with E-state index in [4.69, 9.17) is 0 Å². The maximum atomic E-state index is 4.58. The molecule has 1 N–H and O–H groups in total. The summed E-state index contributed by atoms with van der Waals surface area (Å²) in [6.45, 7) is 7.02. The Morgan fingerprint density at radius 1 is 1.56 bits per heavy atom. The Kier molecular flexibility index (Phi) is 3.43. The second-order valence-electron chi connectivity index (χ2n) is 4.30. The zero-order chi connectivity index (χ0) is 11.5. The second-order valence-corrected chi connectivity index (χ2v) is 5.24. The Labute approximate surface area is 100 Å². The molecule has 4 nitrogen and oxygen atoms in total. The van der Waals surface area contributed by atoms with Crippen molar-refractivity contribution in [2.45, 2.75) is 26.3 Å². The lowest BCUT2D eigenvalue weighted by Crippen LogP contribution is -2.35. The third-order valence-corrected chi connectivity index (χ3v) is 3.48. The molecule has 0 radical (unpaired) electrons. The number of nitrogens with zero attached hydrogens (tertiary/aromatic N) is 3. The molecule has 16 heavy (non-hydrogen) atoms. The summed E-state index contributed by atoms with van der Waals surface area (Å²) >= 11 is 1.72. The lowest BCUT2D eigenvalue weighted by molar-refractivity contribution is 0.533. The largest absolute Gasteiger partial charge is 0.350 e. The number of aliphatic imine (C=N–C) groups is 1. The average molecular weight is 238 g/mol. The van der Waals surface area contributed by atoms with Gasteiger partial charge in [0.25, 0.3) is 0 Å². The Morgan fingerprint density at radius 3 is 2.94 bits per heavy atom. The third-order valence-electron chi connectivity index (χ3n) is 2.62. The van der Waals surface area contributed by atoms with Crippen molar-refractivity contribution in [3.05, 3.63) is 16.1 Å². The molecule has 1 aromatic heterocycles. The standard InChI is InChI=1S/C11H18N4S/c1-8(2)9-7-16-10(14-9)6-13-11-12-4-5-15(11)3/h7-8H,4-6H2,1-3H3,(H,12,13). The van der Waals surface area contributed by atoms with Crippen LogP contribution in [-0.2, 0) is 6.54 Å². The molecule has 1 aromatic rings. The lowest BCUT2D eigenvalue weighted by Gasteiger charge is -2.14. The van der Waals surface area contributed by atoms with E-state index in [2.05, 4.69) is 46.5 Å². The van der Waals surface area contributed by atoms with Gasteiger partial charge in [-0.05, 0) is 5.92 Å². The van der Waals surface area contributed by atoms with Crippen molar-refractivity contribution in [2.75, 3.05) is 20.1 Å². The van der Waals surface area contributed by atoms with Crippen LogP contribution in [0.4, 0.5) is 0 Å². The van der Waals surface area contributed by atoms with E-state index in [1.54, 1.807) is 11.3 Å². The highest BCUT2D eigenvalue weighted by Gasteiger charge is 2.12. The van der Waals surface area contributed by atoms with E-state index in [9.17, 15) is 0 Å². The quantitative estimate of drug-likeness (QED) is 0.870. The van der Waals surface area contributed by atoms with Crippen LogP contribution in [0.25, 0.3) is 0 Å². The van der Waals surface area contributed by atoms with Crippen molar-refractivity contribution in [3.63, 3.8) is 0 Å². The molecule has 0 amide bonds. The molecule has 0 atom stereocenters. The monoisotopic (exact) mass is 238 g/mol. The molecule has 5 heteroatoms. The maximum Gasteiger partial charge on any atom is 0.194 e. The van der Waals surface area contributed by atoms with Gasteiger partial charge in [0.05, 0.1) is 18.8 Å². The first-order valence-electron chi connectivity index (χ1n) is 5.60. The molecule has 0 aromatic carbocycles. The summed E-state index contributed by atoms with van der Waals surface area (Å²) in [5.74, 6) is 1.50. The van der Waals surface area contributed by atoms with E-state index in [0.29, 0.717) is 5.92 Å². The zero-order valence-electron chi connectivity index (χ0n) is 10.0. The van der Waals surface area contributed by atoms with Crippen LogP contribution in [0.1, 0.15) is 30.5 Å². The SMILES string of the molecule is CC(C)c1csc(CNC2=NCCN2C)n1. The summed E-state index contributed by atoms with van der Waals surface area (Å²) in [5, 5.41) is 6.60. The normalized spacial score (nSPS) is 15.8. The number of nitrogens with one attached hydrogen (secondary N) is 1. The minimum absolute atomic E-state index is 0.511. The molecule has 2 heterocycles. The number of hydrogen-bond acceptors (Lipinski definition) is 5. The van der Waals surface area contributed by atoms with Crippen LogP contribution in [0.2, 0.25) is 0 Å². The van der Waals surface area contributed by atoms with Gasteiger partial charge in [-0.15, -0.1) is 11.3 Å². The molecule has 1 aliphatic rings. The Bertz CT molecular complexity index is 383. The van der Waals surface area contributed by atoms with Gasteiger partial charge in [-0.3, -0.25) is 4.99 Å². The van der Waals surface area contributed by atoms with Crippen molar-refractivity contribution < 1.29 is 0 Å².